The fraction of sp³-hybridized carbons (Fsp3) is 0.706. The number of piperidine rings is 1. The lowest BCUT2D eigenvalue weighted by Crippen LogP contribution is -2.48. The summed E-state index contributed by atoms with van der Waals surface area (Å²) in [7, 11) is 0. The molecule has 2 aliphatic rings. The van der Waals surface area contributed by atoms with Gasteiger partial charge in [0.15, 0.2) is 0 Å². The number of nitrogens with one attached hydrogen (secondary N) is 1. The molecule has 2 fully saturated rings. The number of urea groups is 1. The van der Waals surface area contributed by atoms with Gasteiger partial charge in [0.2, 0.25) is 5.95 Å². The van der Waals surface area contributed by atoms with E-state index < -0.39 is 0 Å². The van der Waals surface area contributed by atoms with Crippen LogP contribution in [0.25, 0.3) is 0 Å². The highest BCUT2D eigenvalue weighted by Gasteiger charge is 2.21. The predicted molar refractivity (Wildman–Crippen MR) is 95.5 cm³/mol. The number of piperazine rings is 1. The molecular formula is C17H28N6O2. The Balaban J connectivity index is 1.28. The van der Waals surface area contributed by atoms with Crippen LogP contribution in [0.15, 0.2) is 18.5 Å². The summed E-state index contributed by atoms with van der Waals surface area (Å²) in [6.07, 6.45) is 5.63. The average Bonchev–Trinajstić information content (AvgIpc) is 2.67. The van der Waals surface area contributed by atoms with Crippen LogP contribution in [-0.2, 0) is 0 Å². The molecule has 25 heavy (non-hydrogen) atoms. The largest absolute Gasteiger partial charge is 0.393 e. The van der Waals surface area contributed by atoms with Crippen molar-refractivity contribution in [1.82, 2.24) is 25.1 Å². The maximum Gasteiger partial charge on any atom is 0.317 e. The van der Waals surface area contributed by atoms with E-state index >= 15 is 0 Å². The number of anilines is 1. The second-order valence-electron chi connectivity index (χ2n) is 6.68. The van der Waals surface area contributed by atoms with E-state index in [1.807, 2.05) is 6.07 Å². The summed E-state index contributed by atoms with van der Waals surface area (Å²) in [4.78, 5) is 27.1. The van der Waals surface area contributed by atoms with E-state index in [1.54, 1.807) is 17.3 Å². The lowest BCUT2D eigenvalue weighted by atomic mass is 10.1. The monoisotopic (exact) mass is 348 g/mol. The summed E-state index contributed by atoms with van der Waals surface area (Å²) in [5.74, 6) is 0.807. The van der Waals surface area contributed by atoms with Gasteiger partial charge in [0.25, 0.3) is 0 Å². The molecule has 0 atom stereocenters. The molecule has 8 heteroatoms. The number of rotatable bonds is 5. The van der Waals surface area contributed by atoms with Crippen LogP contribution in [-0.4, -0.2) is 89.4 Å². The quantitative estimate of drug-likeness (QED) is 0.737. The van der Waals surface area contributed by atoms with Crippen molar-refractivity contribution >= 4 is 12.0 Å². The molecule has 0 spiro atoms. The zero-order chi connectivity index (χ0) is 17.5. The highest BCUT2D eigenvalue weighted by atomic mass is 16.3. The van der Waals surface area contributed by atoms with Crippen molar-refractivity contribution in [3.8, 4) is 0 Å². The van der Waals surface area contributed by atoms with Crippen LogP contribution in [0.3, 0.4) is 0 Å². The number of nitrogens with zero attached hydrogens (tertiary/aromatic N) is 5. The van der Waals surface area contributed by atoms with E-state index in [-0.39, 0.29) is 12.1 Å². The van der Waals surface area contributed by atoms with Crippen LogP contribution in [0.5, 0.6) is 0 Å². The standard InChI is InChI=1S/C17H28N6O2/c24-15-3-9-23(10-4-15)17(25)20-7-2-8-21-11-13-22(14-12-21)16-18-5-1-6-19-16/h1,5-6,15,24H,2-4,7-14H2,(H,20,25). The van der Waals surface area contributed by atoms with Gasteiger partial charge >= 0.3 is 6.03 Å². The summed E-state index contributed by atoms with van der Waals surface area (Å²) >= 11 is 0. The van der Waals surface area contributed by atoms with E-state index in [0.29, 0.717) is 32.5 Å². The number of aliphatic hydroxyl groups excluding tert-OH is 1. The summed E-state index contributed by atoms with van der Waals surface area (Å²) in [5.41, 5.74) is 0. The highest BCUT2D eigenvalue weighted by Crippen LogP contribution is 2.11. The maximum absolute atomic E-state index is 12.1. The first-order valence-electron chi connectivity index (χ1n) is 9.17. The molecule has 8 nitrogen and oxygen atoms in total. The first-order chi connectivity index (χ1) is 12.2. The van der Waals surface area contributed by atoms with Gasteiger partial charge in [0, 0.05) is 58.2 Å². The smallest absolute Gasteiger partial charge is 0.317 e. The van der Waals surface area contributed by atoms with Crippen molar-refractivity contribution in [2.75, 3.05) is 57.3 Å². The molecule has 2 amide bonds. The number of likely N-dealkylation sites (tertiary alicyclic amines) is 1. The molecule has 0 saturated carbocycles. The number of aromatic nitrogens is 2. The molecule has 3 rings (SSSR count). The Bertz CT molecular complexity index is 527. The summed E-state index contributed by atoms with van der Waals surface area (Å²) in [5, 5.41) is 12.5. The van der Waals surface area contributed by atoms with Crippen LogP contribution in [0.2, 0.25) is 0 Å². The first-order valence-corrected chi connectivity index (χ1v) is 9.17. The number of hydrogen-bond donors (Lipinski definition) is 2. The molecule has 0 aliphatic carbocycles. The van der Waals surface area contributed by atoms with Crippen molar-refractivity contribution in [1.29, 1.82) is 0 Å². The summed E-state index contributed by atoms with van der Waals surface area (Å²) in [6, 6.07) is 1.83. The van der Waals surface area contributed by atoms with Crippen LogP contribution in [0, 0.1) is 0 Å². The zero-order valence-corrected chi connectivity index (χ0v) is 14.7. The van der Waals surface area contributed by atoms with Gasteiger partial charge in [-0.1, -0.05) is 0 Å². The zero-order valence-electron chi connectivity index (χ0n) is 14.7. The van der Waals surface area contributed by atoms with Gasteiger partial charge in [-0.3, -0.25) is 4.90 Å². The molecule has 0 radical (unpaired) electrons. The molecule has 2 aliphatic heterocycles. The van der Waals surface area contributed by atoms with Crippen LogP contribution in [0.1, 0.15) is 19.3 Å². The second kappa shape index (κ2) is 8.96. The molecule has 0 aromatic carbocycles. The number of amides is 2. The van der Waals surface area contributed by atoms with Gasteiger partial charge in [-0.15, -0.1) is 0 Å². The van der Waals surface area contributed by atoms with Crippen molar-refractivity contribution in [2.45, 2.75) is 25.4 Å². The molecule has 1 aromatic heterocycles. The van der Waals surface area contributed by atoms with Gasteiger partial charge in [0.1, 0.15) is 0 Å². The van der Waals surface area contributed by atoms with Gasteiger partial charge in [-0.25, -0.2) is 14.8 Å². The van der Waals surface area contributed by atoms with Gasteiger partial charge in [0.05, 0.1) is 6.10 Å². The lowest BCUT2D eigenvalue weighted by Gasteiger charge is -2.34. The Hall–Kier alpha value is -1.93. The Labute approximate surface area is 148 Å². The van der Waals surface area contributed by atoms with Crippen molar-refractivity contribution in [2.24, 2.45) is 0 Å². The van der Waals surface area contributed by atoms with Crippen molar-refractivity contribution in [3.63, 3.8) is 0 Å². The number of carbonyl (C=O) groups is 1. The lowest BCUT2D eigenvalue weighted by molar-refractivity contribution is 0.0936. The van der Waals surface area contributed by atoms with Crippen molar-refractivity contribution < 1.29 is 9.90 Å². The number of hydrogen-bond acceptors (Lipinski definition) is 6. The molecular weight excluding hydrogens is 320 g/mol. The third-order valence-corrected chi connectivity index (χ3v) is 4.89. The molecule has 3 heterocycles. The normalized spacial score (nSPS) is 19.9. The topological polar surface area (TPSA) is 84.8 Å². The Morgan fingerprint density at radius 1 is 1.12 bits per heavy atom. The van der Waals surface area contributed by atoms with E-state index in [1.165, 1.54) is 0 Å². The fourth-order valence-corrected chi connectivity index (χ4v) is 3.30. The first kappa shape index (κ1) is 17.9. The van der Waals surface area contributed by atoms with Gasteiger partial charge in [-0.2, -0.15) is 0 Å². The van der Waals surface area contributed by atoms with Crippen molar-refractivity contribution in [3.05, 3.63) is 18.5 Å². The molecule has 2 saturated heterocycles. The van der Waals surface area contributed by atoms with E-state index in [9.17, 15) is 9.90 Å². The Kier molecular flexibility index (Phi) is 6.41. The highest BCUT2D eigenvalue weighted by molar-refractivity contribution is 5.74. The van der Waals surface area contributed by atoms with Crippen LogP contribution < -0.4 is 10.2 Å². The maximum atomic E-state index is 12.1. The minimum absolute atomic E-state index is 0.00190. The average molecular weight is 348 g/mol. The third kappa shape index (κ3) is 5.27. The molecule has 0 unspecified atom stereocenters. The SMILES string of the molecule is O=C(NCCCN1CCN(c2ncccn2)CC1)N1CCC(O)CC1. The molecule has 138 valence electrons. The third-order valence-electron chi connectivity index (χ3n) is 4.89. The number of aliphatic hydroxyl groups is 1. The molecule has 2 N–H and O–H groups in total. The number of carbonyl (C=O) groups excluding carboxylic acids is 1. The van der Waals surface area contributed by atoms with E-state index in [4.69, 9.17) is 0 Å². The van der Waals surface area contributed by atoms with E-state index in [2.05, 4.69) is 25.1 Å². The Morgan fingerprint density at radius 3 is 2.48 bits per heavy atom. The minimum atomic E-state index is -0.246. The predicted octanol–water partition coefficient (Wildman–Crippen LogP) is 0.155. The Morgan fingerprint density at radius 2 is 1.80 bits per heavy atom. The van der Waals surface area contributed by atoms with Crippen LogP contribution in [0.4, 0.5) is 10.7 Å². The van der Waals surface area contributed by atoms with Gasteiger partial charge < -0.3 is 20.2 Å². The molecule has 0 bridgehead atoms. The minimum Gasteiger partial charge on any atom is -0.393 e. The van der Waals surface area contributed by atoms with Crippen LogP contribution >= 0.6 is 0 Å². The van der Waals surface area contributed by atoms with Gasteiger partial charge in [-0.05, 0) is 31.9 Å². The summed E-state index contributed by atoms with van der Waals surface area (Å²) < 4.78 is 0. The summed E-state index contributed by atoms with van der Waals surface area (Å²) in [6.45, 7) is 6.85. The molecule has 1 aromatic rings. The second-order valence-corrected chi connectivity index (χ2v) is 6.68. The fourth-order valence-electron chi connectivity index (χ4n) is 3.30. The van der Waals surface area contributed by atoms with E-state index in [0.717, 1.165) is 45.1 Å².